The molecule has 0 saturated heterocycles. The van der Waals surface area contributed by atoms with Gasteiger partial charge < -0.3 is 14.8 Å². The van der Waals surface area contributed by atoms with Gasteiger partial charge in [-0.3, -0.25) is 0 Å². The van der Waals surface area contributed by atoms with Crippen molar-refractivity contribution >= 4 is 12.0 Å². The summed E-state index contributed by atoms with van der Waals surface area (Å²) in [5.41, 5.74) is -0.0573. The summed E-state index contributed by atoms with van der Waals surface area (Å²) in [6.45, 7) is 0. The van der Waals surface area contributed by atoms with E-state index in [1.165, 1.54) is 0 Å². The molecule has 0 spiro atoms. The molecule has 1 heterocycles. The van der Waals surface area contributed by atoms with Crippen LogP contribution in [0.25, 0.3) is 0 Å². The monoisotopic (exact) mass is 168 g/mol. The maximum absolute atomic E-state index is 10.4. The van der Waals surface area contributed by atoms with Gasteiger partial charge in [-0.2, -0.15) is 4.98 Å². The van der Waals surface area contributed by atoms with Gasteiger partial charge in [0.15, 0.2) is 5.69 Å². The van der Waals surface area contributed by atoms with Gasteiger partial charge in [-0.05, 0) is 12.8 Å². The van der Waals surface area contributed by atoms with Crippen molar-refractivity contribution in [2.45, 2.75) is 18.9 Å². The highest BCUT2D eigenvalue weighted by Gasteiger charge is 2.23. The number of hydrogen-bond acceptors (Lipinski definition) is 4. The molecule has 2 N–H and O–H groups in total. The molecule has 1 aromatic heterocycles. The number of aromatic carboxylic acids is 1. The molecule has 1 aliphatic rings. The topological polar surface area (TPSA) is 75.4 Å². The number of carboxylic acids is 1. The summed E-state index contributed by atoms with van der Waals surface area (Å²) in [5, 5.41) is 11.4. The Morgan fingerprint density at radius 1 is 1.75 bits per heavy atom. The Bertz CT molecular complexity index is 303. The van der Waals surface area contributed by atoms with Crippen LogP contribution in [-0.2, 0) is 0 Å². The summed E-state index contributed by atoms with van der Waals surface area (Å²) in [4.78, 5) is 14.1. The lowest BCUT2D eigenvalue weighted by atomic mass is 10.5. The lowest BCUT2D eigenvalue weighted by molar-refractivity contribution is 0.0690. The maximum Gasteiger partial charge on any atom is 0.357 e. The number of anilines is 1. The first-order chi connectivity index (χ1) is 5.75. The van der Waals surface area contributed by atoms with Crippen LogP contribution in [0.1, 0.15) is 23.3 Å². The minimum Gasteiger partial charge on any atom is -0.476 e. The number of rotatable bonds is 3. The van der Waals surface area contributed by atoms with Gasteiger partial charge >= 0.3 is 5.97 Å². The predicted molar refractivity (Wildman–Crippen MR) is 40.1 cm³/mol. The van der Waals surface area contributed by atoms with Gasteiger partial charge in [-0.15, -0.1) is 0 Å². The van der Waals surface area contributed by atoms with Crippen molar-refractivity contribution in [1.29, 1.82) is 0 Å². The summed E-state index contributed by atoms with van der Waals surface area (Å²) in [6, 6.07) is 0.722. The summed E-state index contributed by atoms with van der Waals surface area (Å²) in [7, 11) is 0. The zero-order chi connectivity index (χ0) is 8.55. The van der Waals surface area contributed by atoms with Crippen LogP contribution in [0.5, 0.6) is 0 Å². The normalized spacial score (nSPS) is 16.0. The fourth-order valence-electron chi connectivity index (χ4n) is 0.841. The lowest BCUT2D eigenvalue weighted by Gasteiger charge is -1.93. The van der Waals surface area contributed by atoms with Crippen molar-refractivity contribution in [3.05, 3.63) is 12.0 Å². The maximum atomic E-state index is 10.4. The lowest BCUT2D eigenvalue weighted by Crippen LogP contribution is -2.02. The van der Waals surface area contributed by atoms with Crippen molar-refractivity contribution in [3.63, 3.8) is 0 Å². The van der Waals surface area contributed by atoms with Gasteiger partial charge in [0.2, 0.25) is 0 Å². The molecule has 1 aromatic rings. The van der Waals surface area contributed by atoms with E-state index in [1.54, 1.807) is 0 Å². The predicted octanol–water partition coefficient (Wildman–Crippen LogP) is 0.947. The SMILES string of the molecule is O=C(O)c1coc(NC2CC2)n1. The van der Waals surface area contributed by atoms with E-state index in [2.05, 4.69) is 10.3 Å². The molecule has 1 fully saturated rings. The molecule has 5 heteroatoms. The van der Waals surface area contributed by atoms with E-state index in [1.807, 2.05) is 0 Å². The third-order valence-corrected chi connectivity index (χ3v) is 1.63. The van der Waals surface area contributed by atoms with Crippen LogP contribution in [-0.4, -0.2) is 22.1 Å². The fraction of sp³-hybridized carbons (Fsp3) is 0.429. The second-order valence-corrected chi connectivity index (χ2v) is 2.76. The Labute approximate surface area is 68.4 Å². The number of oxazole rings is 1. The zero-order valence-electron chi connectivity index (χ0n) is 6.28. The summed E-state index contributed by atoms with van der Waals surface area (Å²) < 4.78 is 4.87. The first kappa shape index (κ1) is 7.15. The first-order valence-corrected chi connectivity index (χ1v) is 3.71. The molecule has 0 radical (unpaired) electrons. The molecule has 0 amide bonds. The van der Waals surface area contributed by atoms with E-state index in [-0.39, 0.29) is 5.69 Å². The van der Waals surface area contributed by atoms with Crippen molar-refractivity contribution in [2.24, 2.45) is 0 Å². The standard InChI is InChI=1S/C7H8N2O3/c10-6(11)5-3-12-7(9-5)8-4-1-2-4/h3-4H,1-2H2,(H,8,9)(H,10,11). The van der Waals surface area contributed by atoms with Crippen LogP contribution < -0.4 is 5.32 Å². The van der Waals surface area contributed by atoms with Gasteiger partial charge in [0.1, 0.15) is 6.26 Å². The Morgan fingerprint density at radius 3 is 3.00 bits per heavy atom. The number of aromatic nitrogens is 1. The third-order valence-electron chi connectivity index (χ3n) is 1.63. The molecular formula is C7H8N2O3. The molecule has 5 nitrogen and oxygen atoms in total. The van der Waals surface area contributed by atoms with Gasteiger partial charge in [-0.1, -0.05) is 0 Å². The number of carbonyl (C=O) groups is 1. The molecule has 0 unspecified atom stereocenters. The largest absolute Gasteiger partial charge is 0.476 e. The molecule has 64 valence electrons. The van der Waals surface area contributed by atoms with Crippen molar-refractivity contribution in [3.8, 4) is 0 Å². The van der Waals surface area contributed by atoms with Gasteiger partial charge in [0.25, 0.3) is 6.01 Å². The fourth-order valence-corrected chi connectivity index (χ4v) is 0.841. The molecular weight excluding hydrogens is 160 g/mol. The molecule has 2 rings (SSSR count). The van der Waals surface area contributed by atoms with Crippen LogP contribution in [0.2, 0.25) is 0 Å². The summed E-state index contributed by atoms with van der Waals surface area (Å²) in [5.74, 6) is -1.07. The number of hydrogen-bond donors (Lipinski definition) is 2. The number of nitrogens with zero attached hydrogens (tertiary/aromatic N) is 1. The van der Waals surface area contributed by atoms with Crippen LogP contribution in [0.3, 0.4) is 0 Å². The summed E-state index contributed by atoms with van der Waals surface area (Å²) >= 11 is 0. The second-order valence-electron chi connectivity index (χ2n) is 2.76. The first-order valence-electron chi connectivity index (χ1n) is 3.71. The highest BCUT2D eigenvalue weighted by Crippen LogP contribution is 2.23. The number of nitrogens with one attached hydrogen (secondary N) is 1. The average molecular weight is 168 g/mol. The number of carboxylic acid groups (broad SMARTS) is 1. The van der Waals surface area contributed by atoms with E-state index in [0.29, 0.717) is 12.1 Å². The highest BCUT2D eigenvalue weighted by atomic mass is 16.4. The zero-order valence-corrected chi connectivity index (χ0v) is 6.28. The van der Waals surface area contributed by atoms with Crippen LogP contribution >= 0.6 is 0 Å². The summed E-state index contributed by atoms with van der Waals surface area (Å²) in [6.07, 6.45) is 3.34. The van der Waals surface area contributed by atoms with Gasteiger partial charge in [0, 0.05) is 6.04 Å². The van der Waals surface area contributed by atoms with E-state index in [9.17, 15) is 4.79 Å². The Balaban J connectivity index is 2.06. The highest BCUT2D eigenvalue weighted by molar-refractivity contribution is 5.85. The third kappa shape index (κ3) is 1.39. The Morgan fingerprint density at radius 2 is 2.50 bits per heavy atom. The van der Waals surface area contributed by atoms with E-state index >= 15 is 0 Å². The van der Waals surface area contributed by atoms with Gasteiger partial charge in [0.05, 0.1) is 0 Å². The molecule has 0 aromatic carbocycles. The quantitative estimate of drug-likeness (QED) is 0.702. The molecule has 0 aliphatic heterocycles. The molecule has 12 heavy (non-hydrogen) atoms. The second kappa shape index (κ2) is 2.51. The van der Waals surface area contributed by atoms with Crippen molar-refractivity contribution in [1.82, 2.24) is 4.98 Å². The van der Waals surface area contributed by atoms with E-state index < -0.39 is 5.97 Å². The minimum atomic E-state index is -1.07. The molecule has 1 aliphatic carbocycles. The Hall–Kier alpha value is -1.52. The van der Waals surface area contributed by atoms with Crippen LogP contribution in [0, 0.1) is 0 Å². The van der Waals surface area contributed by atoms with E-state index in [0.717, 1.165) is 19.1 Å². The molecule has 0 atom stereocenters. The molecule has 1 saturated carbocycles. The average Bonchev–Trinajstić information content (AvgIpc) is 2.66. The minimum absolute atomic E-state index is 0.0573. The van der Waals surface area contributed by atoms with Crippen LogP contribution in [0.4, 0.5) is 6.01 Å². The van der Waals surface area contributed by atoms with Crippen LogP contribution in [0.15, 0.2) is 10.7 Å². The van der Waals surface area contributed by atoms with Gasteiger partial charge in [-0.25, -0.2) is 4.79 Å². The van der Waals surface area contributed by atoms with E-state index in [4.69, 9.17) is 9.52 Å². The smallest absolute Gasteiger partial charge is 0.357 e. The molecule has 0 bridgehead atoms. The Kier molecular flexibility index (Phi) is 1.49. The van der Waals surface area contributed by atoms with Crippen molar-refractivity contribution in [2.75, 3.05) is 5.32 Å². The van der Waals surface area contributed by atoms with Crippen molar-refractivity contribution < 1.29 is 14.3 Å².